The third-order valence-corrected chi connectivity index (χ3v) is 10.6. The standard InChI is InChI=1S/C43H27N3OS/c1-2-10-26(11-3-1)41-44-42(46-43(45-41)34-15-9-19-38-40(34)33-13-5-7-18-37(33)48-38)30-23-21-27-24-29(22-20-28(27)25-30)31-14-8-17-36-39(31)32-12-4-6-16-35(32)47-36/h1-10,12-26H,11H2. The quantitative estimate of drug-likeness (QED) is 0.193. The van der Waals surface area contributed by atoms with Gasteiger partial charge in [0, 0.05) is 48.0 Å². The fraction of sp³-hybridized carbons (Fsp3) is 0.0465. The second kappa shape index (κ2) is 10.8. The van der Waals surface area contributed by atoms with Crippen molar-refractivity contribution in [3.63, 3.8) is 0 Å². The molecule has 0 N–H and O–H groups in total. The van der Waals surface area contributed by atoms with E-state index in [0.717, 1.165) is 61.6 Å². The van der Waals surface area contributed by atoms with Crippen LogP contribution in [0.2, 0.25) is 0 Å². The van der Waals surface area contributed by atoms with E-state index in [9.17, 15) is 0 Å². The van der Waals surface area contributed by atoms with Gasteiger partial charge >= 0.3 is 0 Å². The first-order valence-corrected chi connectivity index (χ1v) is 17.0. The van der Waals surface area contributed by atoms with Gasteiger partial charge in [-0.25, -0.2) is 15.0 Å². The van der Waals surface area contributed by atoms with Crippen molar-refractivity contribution >= 4 is 64.2 Å². The van der Waals surface area contributed by atoms with Crippen LogP contribution in [0.5, 0.6) is 0 Å². The van der Waals surface area contributed by atoms with Crippen LogP contribution in [0.1, 0.15) is 18.2 Å². The zero-order valence-corrected chi connectivity index (χ0v) is 26.6. The van der Waals surface area contributed by atoms with Gasteiger partial charge in [-0.05, 0) is 64.7 Å². The van der Waals surface area contributed by atoms with Crippen LogP contribution in [0.25, 0.3) is 86.8 Å². The first kappa shape index (κ1) is 27.2. The van der Waals surface area contributed by atoms with Crippen LogP contribution in [0.4, 0.5) is 0 Å². The molecule has 0 saturated heterocycles. The van der Waals surface area contributed by atoms with E-state index in [-0.39, 0.29) is 5.92 Å². The van der Waals surface area contributed by atoms with E-state index >= 15 is 0 Å². The van der Waals surface area contributed by atoms with Gasteiger partial charge in [0.25, 0.3) is 0 Å². The molecule has 3 heterocycles. The third kappa shape index (κ3) is 4.39. The highest BCUT2D eigenvalue weighted by Gasteiger charge is 2.20. The summed E-state index contributed by atoms with van der Waals surface area (Å²) < 4.78 is 8.67. The summed E-state index contributed by atoms with van der Waals surface area (Å²) >= 11 is 1.81. The van der Waals surface area contributed by atoms with Crippen LogP contribution in [-0.2, 0) is 0 Å². The van der Waals surface area contributed by atoms with E-state index in [0.29, 0.717) is 11.6 Å². The van der Waals surface area contributed by atoms with Crippen LogP contribution in [0.3, 0.4) is 0 Å². The Morgan fingerprint density at radius 2 is 1.29 bits per heavy atom. The molecule has 226 valence electrons. The molecule has 0 aliphatic heterocycles. The second-order valence-electron chi connectivity index (χ2n) is 12.3. The molecule has 6 aromatic carbocycles. The molecule has 1 aliphatic carbocycles. The van der Waals surface area contributed by atoms with Crippen LogP contribution in [0, 0.1) is 0 Å². The first-order chi connectivity index (χ1) is 23.8. The summed E-state index contributed by atoms with van der Waals surface area (Å²) in [6.07, 6.45) is 9.41. The molecular formula is C43H27N3OS. The predicted molar refractivity (Wildman–Crippen MR) is 199 cm³/mol. The van der Waals surface area contributed by atoms with Crippen LogP contribution >= 0.6 is 11.3 Å². The molecule has 0 bridgehead atoms. The molecule has 4 nitrogen and oxygen atoms in total. The van der Waals surface area contributed by atoms with E-state index < -0.39 is 0 Å². The average molecular weight is 634 g/mol. The Bertz CT molecular complexity index is 2790. The Kier molecular flexibility index (Phi) is 6.14. The minimum absolute atomic E-state index is 0.0960. The van der Waals surface area contributed by atoms with E-state index in [1.807, 2.05) is 29.5 Å². The van der Waals surface area contributed by atoms with Gasteiger partial charge in [-0.15, -0.1) is 11.3 Å². The zero-order valence-electron chi connectivity index (χ0n) is 25.8. The number of nitrogens with zero attached hydrogens (tertiary/aromatic N) is 3. The SMILES string of the molecule is C1=CCC(c2nc(-c3ccc4cc(-c5cccc6oc7ccccc7c56)ccc4c3)nc(-c3cccc4sc5ccccc5c34)n2)C=C1. The van der Waals surface area contributed by atoms with E-state index in [1.54, 1.807) is 0 Å². The van der Waals surface area contributed by atoms with Crippen molar-refractivity contribution in [3.8, 4) is 33.9 Å². The van der Waals surface area contributed by atoms with E-state index in [4.69, 9.17) is 19.4 Å². The molecule has 0 radical (unpaired) electrons. The predicted octanol–water partition coefficient (Wildman–Crippen LogP) is 11.9. The van der Waals surface area contributed by atoms with Gasteiger partial charge in [0.15, 0.2) is 11.6 Å². The summed E-state index contributed by atoms with van der Waals surface area (Å²) in [6.45, 7) is 0. The van der Waals surface area contributed by atoms with Gasteiger partial charge in [-0.1, -0.05) is 109 Å². The monoisotopic (exact) mass is 633 g/mol. The number of hydrogen-bond donors (Lipinski definition) is 0. The summed E-state index contributed by atoms with van der Waals surface area (Å²) in [7, 11) is 0. The van der Waals surface area contributed by atoms with Crippen LogP contribution < -0.4 is 0 Å². The summed E-state index contributed by atoms with van der Waals surface area (Å²) in [5, 5.41) is 7.01. The van der Waals surface area contributed by atoms with E-state index in [1.165, 1.54) is 25.7 Å². The lowest BCUT2D eigenvalue weighted by molar-refractivity contribution is 0.669. The van der Waals surface area contributed by atoms with Gasteiger partial charge in [0.05, 0.1) is 0 Å². The number of thiophene rings is 1. The van der Waals surface area contributed by atoms with Crippen molar-refractivity contribution in [3.05, 3.63) is 151 Å². The second-order valence-corrected chi connectivity index (χ2v) is 13.4. The van der Waals surface area contributed by atoms with Crippen molar-refractivity contribution in [1.82, 2.24) is 15.0 Å². The molecular weight excluding hydrogens is 607 g/mol. The van der Waals surface area contributed by atoms with Crippen LogP contribution in [0.15, 0.2) is 150 Å². The minimum Gasteiger partial charge on any atom is -0.456 e. The lowest BCUT2D eigenvalue weighted by atomic mass is 9.96. The number of para-hydroxylation sites is 1. The summed E-state index contributed by atoms with van der Waals surface area (Å²) in [6, 6.07) is 42.8. The summed E-state index contributed by atoms with van der Waals surface area (Å²) in [5.41, 5.74) is 6.15. The van der Waals surface area contributed by atoms with Gasteiger partial charge in [0.2, 0.25) is 0 Å². The number of benzene rings is 6. The third-order valence-electron chi connectivity index (χ3n) is 9.42. The highest BCUT2D eigenvalue weighted by atomic mass is 32.1. The minimum atomic E-state index is 0.0960. The average Bonchev–Trinajstić information content (AvgIpc) is 3.73. The highest BCUT2D eigenvalue weighted by Crippen LogP contribution is 2.41. The first-order valence-electron chi connectivity index (χ1n) is 16.2. The maximum atomic E-state index is 6.18. The fourth-order valence-corrected chi connectivity index (χ4v) is 8.24. The number of aromatic nitrogens is 3. The largest absolute Gasteiger partial charge is 0.456 e. The van der Waals surface area contributed by atoms with Crippen molar-refractivity contribution in [2.75, 3.05) is 0 Å². The molecule has 0 amide bonds. The molecule has 0 saturated carbocycles. The fourth-order valence-electron chi connectivity index (χ4n) is 7.11. The molecule has 5 heteroatoms. The topological polar surface area (TPSA) is 51.8 Å². The lowest BCUT2D eigenvalue weighted by Crippen LogP contribution is -2.08. The van der Waals surface area contributed by atoms with Crippen molar-refractivity contribution in [1.29, 1.82) is 0 Å². The molecule has 3 aromatic heterocycles. The number of hydrogen-bond acceptors (Lipinski definition) is 5. The zero-order chi connectivity index (χ0) is 31.6. The van der Waals surface area contributed by atoms with Gasteiger partial charge in [-0.2, -0.15) is 0 Å². The number of furan rings is 1. The molecule has 1 aliphatic rings. The summed E-state index contributed by atoms with van der Waals surface area (Å²) in [4.78, 5) is 15.4. The number of rotatable bonds is 4. The maximum absolute atomic E-state index is 6.18. The Morgan fingerprint density at radius 3 is 2.19 bits per heavy atom. The van der Waals surface area contributed by atoms with E-state index in [2.05, 4.69) is 127 Å². The Hall–Kier alpha value is -5.91. The normalized spacial score (nSPS) is 14.6. The Labute approximate surface area is 280 Å². The van der Waals surface area contributed by atoms with Crippen molar-refractivity contribution in [2.45, 2.75) is 12.3 Å². The maximum Gasteiger partial charge on any atom is 0.164 e. The molecule has 0 spiro atoms. The van der Waals surface area contributed by atoms with Gasteiger partial charge in [-0.3, -0.25) is 0 Å². The van der Waals surface area contributed by atoms with Crippen molar-refractivity contribution in [2.24, 2.45) is 0 Å². The smallest absolute Gasteiger partial charge is 0.164 e. The van der Waals surface area contributed by atoms with Crippen molar-refractivity contribution < 1.29 is 4.42 Å². The molecule has 48 heavy (non-hydrogen) atoms. The molecule has 1 atom stereocenters. The number of fused-ring (bicyclic) bond motifs is 7. The molecule has 9 aromatic rings. The van der Waals surface area contributed by atoms with Crippen LogP contribution in [-0.4, -0.2) is 15.0 Å². The van der Waals surface area contributed by atoms with Gasteiger partial charge < -0.3 is 4.42 Å². The highest BCUT2D eigenvalue weighted by molar-refractivity contribution is 7.25. The molecule has 1 unspecified atom stereocenters. The molecule has 0 fully saturated rings. The Morgan fingerprint density at radius 1 is 0.562 bits per heavy atom. The van der Waals surface area contributed by atoms with Gasteiger partial charge in [0.1, 0.15) is 17.0 Å². The lowest BCUT2D eigenvalue weighted by Gasteiger charge is -2.15. The molecule has 10 rings (SSSR count). The number of allylic oxidation sites excluding steroid dienone is 4. The Balaban J connectivity index is 1.11. The summed E-state index contributed by atoms with van der Waals surface area (Å²) in [5.74, 6) is 2.29.